The predicted octanol–water partition coefficient (Wildman–Crippen LogP) is 1.69. The topological polar surface area (TPSA) is 52.5 Å². The molecule has 0 aromatic heterocycles. The van der Waals surface area contributed by atoms with Crippen LogP contribution >= 0.6 is 0 Å². The molecule has 0 saturated carbocycles. The van der Waals surface area contributed by atoms with Gasteiger partial charge in [0.1, 0.15) is 5.75 Å². The maximum Gasteiger partial charge on any atom is 0.118 e. The van der Waals surface area contributed by atoms with E-state index in [-0.39, 0.29) is 11.7 Å². The zero-order valence-electron chi connectivity index (χ0n) is 10.3. The van der Waals surface area contributed by atoms with Crippen molar-refractivity contribution in [2.75, 3.05) is 13.1 Å². The van der Waals surface area contributed by atoms with Crippen LogP contribution in [0.25, 0.3) is 0 Å². The highest BCUT2D eigenvalue weighted by atomic mass is 16.3. The molecule has 1 saturated heterocycles. The lowest BCUT2D eigenvalue weighted by molar-refractivity contribution is -0.0106. The van der Waals surface area contributed by atoms with Crippen molar-refractivity contribution in [3.05, 3.63) is 29.8 Å². The molecule has 1 heterocycles. The first-order valence-corrected chi connectivity index (χ1v) is 6.29. The van der Waals surface area contributed by atoms with Crippen LogP contribution in [0.4, 0.5) is 0 Å². The highest BCUT2D eigenvalue weighted by molar-refractivity contribution is 5.33. The average molecular weight is 235 g/mol. The summed E-state index contributed by atoms with van der Waals surface area (Å²) < 4.78 is 0. The second-order valence-corrected chi connectivity index (χ2v) is 5.21. The van der Waals surface area contributed by atoms with Crippen molar-refractivity contribution in [3.8, 4) is 5.75 Å². The number of nitrogens with one attached hydrogen (secondary N) is 1. The Bertz CT molecular complexity index is 370. The van der Waals surface area contributed by atoms with E-state index in [0.29, 0.717) is 6.42 Å². The van der Waals surface area contributed by atoms with Gasteiger partial charge in [-0.15, -0.1) is 0 Å². The van der Waals surface area contributed by atoms with Crippen LogP contribution in [0.2, 0.25) is 0 Å². The van der Waals surface area contributed by atoms with Crippen LogP contribution in [0.5, 0.6) is 5.75 Å². The lowest BCUT2D eigenvalue weighted by Crippen LogP contribution is -2.45. The summed E-state index contributed by atoms with van der Waals surface area (Å²) in [4.78, 5) is 0. The third-order valence-corrected chi connectivity index (χ3v) is 3.72. The van der Waals surface area contributed by atoms with Gasteiger partial charge in [0, 0.05) is 18.9 Å². The van der Waals surface area contributed by atoms with E-state index < -0.39 is 5.60 Å². The van der Waals surface area contributed by atoms with Crippen LogP contribution in [-0.4, -0.2) is 28.9 Å². The first-order chi connectivity index (χ1) is 8.09. The monoisotopic (exact) mass is 235 g/mol. The fraction of sp³-hybridized carbons (Fsp3) is 0.571. The average Bonchev–Trinajstić information content (AvgIpc) is 2.33. The number of para-hydroxylation sites is 1. The summed E-state index contributed by atoms with van der Waals surface area (Å²) in [5, 5.41) is 23.6. The largest absolute Gasteiger partial charge is 0.508 e. The standard InChI is InChI=1S/C14H21NO2/c1-14(17,12-6-4-8-15-10-12)9-11-5-2-3-7-13(11)16/h2-3,5,7,12,15-17H,4,6,8-10H2,1H3. The third kappa shape index (κ3) is 2.99. The lowest BCUT2D eigenvalue weighted by atomic mass is 9.79. The van der Waals surface area contributed by atoms with Crippen molar-refractivity contribution < 1.29 is 10.2 Å². The fourth-order valence-corrected chi connectivity index (χ4v) is 2.57. The van der Waals surface area contributed by atoms with Crippen LogP contribution < -0.4 is 5.32 Å². The summed E-state index contributed by atoms with van der Waals surface area (Å²) >= 11 is 0. The number of phenols is 1. The van der Waals surface area contributed by atoms with Crippen molar-refractivity contribution in [2.24, 2.45) is 5.92 Å². The smallest absolute Gasteiger partial charge is 0.118 e. The second-order valence-electron chi connectivity index (χ2n) is 5.21. The summed E-state index contributed by atoms with van der Waals surface area (Å²) in [5.41, 5.74) is 0.0646. The van der Waals surface area contributed by atoms with Gasteiger partial charge in [0.25, 0.3) is 0 Å². The Morgan fingerprint density at radius 2 is 2.18 bits per heavy atom. The number of rotatable bonds is 3. The number of aromatic hydroxyl groups is 1. The molecule has 1 aliphatic rings. The first kappa shape index (κ1) is 12.4. The van der Waals surface area contributed by atoms with Crippen molar-refractivity contribution >= 4 is 0 Å². The SMILES string of the molecule is CC(O)(Cc1ccccc1O)C1CCCNC1. The molecule has 0 aliphatic carbocycles. The van der Waals surface area contributed by atoms with E-state index in [9.17, 15) is 10.2 Å². The Morgan fingerprint density at radius 3 is 2.82 bits per heavy atom. The zero-order chi connectivity index (χ0) is 12.3. The summed E-state index contributed by atoms with van der Waals surface area (Å²) in [6.45, 7) is 3.78. The quantitative estimate of drug-likeness (QED) is 0.747. The van der Waals surface area contributed by atoms with E-state index in [2.05, 4.69) is 5.32 Å². The van der Waals surface area contributed by atoms with Gasteiger partial charge in [0.05, 0.1) is 5.60 Å². The van der Waals surface area contributed by atoms with Gasteiger partial charge in [-0.25, -0.2) is 0 Å². The summed E-state index contributed by atoms with van der Waals surface area (Å²) in [6, 6.07) is 7.24. The predicted molar refractivity (Wildman–Crippen MR) is 68.0 cm³/mol. The van der Waals surface area contributed by atoms with E-state index in [1.165, 1.54) is 0 Å². The maximum atomic E-state index is 10.6. The third-order valence-electron chi connectivity index (χ3n) is 3.72. The molecule has 0 spiro atoms. The zero-order valence-corrected chi connectivity index (χ0v) is 10.3. The number of piperidine rings is 1. The van der Waals surface area contributed by atoms with Crippen molar-refractivity contribution in [1.29, 1.82) is 0 Å². The summed E-state index contributed by atoms with van der Waals surface area (Å²) in [7, 11) is 0. The molecule has 2 unspecified atom stereocenters. The maximum absolute atomic E-state index is 10.6. The Balaban J connectivity index is 2.08. The van der Waals surface area contributed by atoms with Gasteiger partial charge < -0.3 is 15.5 Å². The molecule has 1 fully saturated rings. The van der Waals surface area contributed by atoms with Crippen molar-refractivity contribution in [1.82, 2.24) is 5.32 Å². The minimum atomic E-state index is -0.758. The normalized spacial score (nSPS) is 24.2. The molecule has 1 aromatic rings. The second kappa shape index (κ2) is 5.07. The molecule has 3 N–H and O–H groups in total. The van der Waals surface area contributed by atoms with Gasteiger partial charge in [0.2, 0.25) is 0 Å². The van der Waals surface area contributed by atoms with Crippen LogP contribution in [0.15, 0.2) is 24.3 Å². The number of hydrogen-bond donors (Lipinski definition) is 3. The lowest BCUT2D eigenvalue weighted by Gasteiger charge is -2.36. The van der Waals surface area contributed by atoms with Gasteiger partial charge in [-0.2, -0.15) is 0 Å². The van der Waals surface area contributed by atoms with Crippen LogP contribution in [-0.2, 0) is 6.42 Å². The molecular formula is C14H21NO2. The highest BCUT2D eigenvalue weighted by Crippen LogP contribution is 2.30. The van der Waals surface area contributed by atoms with Crippen LogP contribution in [0, 0.1) is 5.92 Å². The van der Waals surface area contributed by atoms with Crippen LogP contribution in [0.1, 0.15) is 25.3 Å². The molecule has 17 heavy (non-hydrogen) atoms. The van der Waals surface area contributed by atoms with Gasteiger partial charge in [-0.1, -0.05) is 18.2 Å². The number of phenolic OH excluding ortho intramolecular Hbond substituents is 1. The first-order valence-electron chi connectivity index (χ1n) is 6.29. The molecule has 2 rings (SSSR count). The molecule has 94 valence electrons. The molecule has 0 radical (unpaired) electrons. The summed E-state index contributed by atoms with van der Waals surface area (Å²) in [5.74, 6) is 0.535. The Morgan fingerprint density at radius 1 is 1.41 bits per heavy atom. The van der Waals surface area contributed by atoms with E-state index >= 15 is 0 Å². The minimum Gasteiger partial charge on any atom is -0.508 e. The summed E-state index contributed by atoms with van der Waals surface area (Å²) in [6.07, 6.45) is 2.67. The molecule has 0 bridgehead atoms. The number of hydrogen-bond acceptors (Lipinski definition) is 3. The number of benzene rings is 1. The van der Waals surface area contributed by atoms with E-state index in [0.717, 1.165) is 31.5 Å². The van der Waals surface area contributed by atoms with Crippen molar-refractivity contribution in [3.63, 3.8) is 0 Å². The van der Waals surface area contributed by atoms with Gasteiger partial charge in [-0.3, -0.25) is 0 Å². The Labute approximate surface area is 102 Å². The van der Waals surface area contributed by atoms with Crippen molar-refractivity contribution in [2.45, 2.75) is 31.8 Å². The minimum absolute atomic E-state index is 0.260. The number of aliphatic hydroxyl groups is 1. The molecule has 1 aromatic carbocycles. The molecule has 0 amide bonds. The van der Waals surface area contributed by atoms with Crippen LogP contribution in [0.3, 0.4) is 0 Å². The highest BCUT2D eigenvalue weighted by Gasteiger charge is 2.33. The van der Waals surface area contributed by atoms with Gasteiger partial charge in [0.15, 0.2) is 0 Å². The van der Waals surface area contributed by atoms with Gasteiger partial charge in [-0.05, 0) is 37.9 Å². The molecular weight excluding hydrogens is 214 g/mol. The molecule has 3 nitrogen and oxygen atoms in total. The molecule has 2 atom stereocenters. The molecule has 3 heteroatoms. The molecule has 1 aliphatic heterocycles. The van der Waals surface area contributed by atoms with E-state index in [4.69, 9.17) is 0 Å². The Kier molecular flexibility index (Phi) is 3.69. The van der Waals surface area contributed by atoms with E-state index in [1.54, 1.807) is 12.1 Å². The van der Waals surface area contributed by atoms with Gasteiger partial charge >= 0.3 is 0 Å². The Hall–Kier alpha value is -1.06. The fourth-order valence-electron chi connectivity index (χ4n) is 2.57. The van der Waals surface area contributed by atoms with E-state index in [1.807, 2.05) is 19.1 Å².